The van der Waals surface area contributed by atoms with E-state index in [0.717, 1.165) is 23.5 Å². The average molecular weight is 461 g/mol. The number of hydrogen-bond acceptors (Lipinski definition) is 1. The van der Waals surface area contributed by atoms with Gasteiger partial charge in [-0.2, -0.15) is 0 Å². The molecule has 34 heavy (non-hydrogen) atoms. The van der Waals surface area contributed by atoms with Crippen LogP contribution in [0.25, 0.3) is 43.8 Å². The normalized spacial score (nSPS) is 17.4. The van der Waals surface area contributed by atoms with Crippen LogP contribution >= 0.6 is 7.14 Å². The summed E-state index contributed by atoms with van der Waals surface area (Å²) in [6, 6.07) is 28.6. The molecule has 5 aromatic rings. The lowest BCUT2D eigenvalue weighted by molar-refractivity contribution is 0.586. The largest absolute Gasteiger partial charge is 0.319 e. The average Bonchev–Trinajstić information content (AvgIpc) is 3.13. The van der Waals surface area contributed by atoms with Crippen molar-refractivity contribution >= 4 is 34.0 Å². The van der Waals surface area contributed by atoms with Gasteiger partial charge in [0, 0.05) is 11.5 Å². The Labute approximate surface area is 201 Å². The van der Waals surface area contributed by atoms with E-state index in [9.17, 15) is 4.57 Å². The minimum absolute atomic E-state index is 0.773. The SMILES string of the molecule is Cc1cc(C)c(-c2c3ccccc3c(-c3cccc4c3P(C)(=O)CC4)c3ccccc23)c(C)c1. The fourth-order valence-corrected chi connectivity index (χ4v) is 8.64. The highest BCUT2D eigenvalue weighted by Crippen LogP contribution is 2.52. The van der Waals surface area contributed by atoms with Gasteiger partial charge in [-0.15, -0.1) is 0 Å². The van der Waals surface area contributed by atoms with Crippen LogP contribution in [0.1, 0.15) is 22.3 Å². The molecule has 6 rings (SSSR count). The van der Waals surface area contributed by atoms with Crippen LogP contribution in [0, 0.1) is 20.8 Å². The van der Waals surface area contributed by atoms with Crippen LogP contribution in [-0.2, 0) is 11.0 Å². The second kappa shape index (κ2) is 7.69. The molecule has 0 aromatic heterocycles. The molecule has 0 aliphatic carbocycles. The Morgan fingerprint density at radius 1 is 0.647 bits per heavy atom. The highest BCUT2D eigenvalue weighted by atomic mass is 31.2. The Hall–Kier alpha value is -3.15. The molecule has 0 amide bonds. The summed E-state index contributed by atoms with van der Waals surface area (Å²) in [7, 11) is -2.38. The van der Waals surface area contributed by atoms with Crippen molar-refractivity contribution in [2.45, 2.75) is 27.2 Å². The Morgan fingerprint density at radius 2 is 1.18 bits per heavy atom. The first-order valence-electron chi connectivity index (χ1n) is 12.1. The molecule has 0 N–H and O–H groups in total. The predicted octanol–water partition coefficient (Wildman–Crippen LogP) is 8.43. The quantitative estimate of drug-likeness (QED) is 0.191. The van der Waals surface area contributed by atoms with Gasteiger partial charge in [0.05, 0.1) is 0 Å². The molecule has 0 bridgehead atoms. The summed E-state index contributed by atoms with van der Waals surface area (Å²) in [5, 5.41) is 6.08. The molecule has 0 radical (unpaired) electrons. The molecule has 1 aliphatic rings. The first-order valence-corrected chi connectivity index (χ1v) is 14.4. The zero-order valence-electron chi connectivity index (χ0n) is 20.3. The predicted molar refractivity (Wildman–Crippen MR) is 148 cm³/mol. The van der Waals surface area contributed by atoms with E-state index in [4.69, 9.17) is 0 Å². The van der Waals surface area contributed by atoms with E-state index in [2.05, 4.69) is 99.6 Å². The van der Waals surface area contributed by atoms with E-state index >= 15 is 0 Å². The van der Waals surface area contributed by atoms with Gasteiger partial charge in [-0.25, -0.2) is 0 Å². The van der Waals surface area contributed by atoms with Crippen LogP contribution in [0.5, 0.6) is 0 Å². The smallest absolute Gasteiger partial charge is 0.113 e. The lowest BCUT2D eigenvalue weighted by Crippen LogP contribution is -2.08. The molecule has 2 heteroatoms. The topological polar surface area (TPSA) is 17.1 Å². The first-order chi connectivity index (χ1) is 16.4. The van der Waals surface area contributed by atoms with E-state index in [1.54, 1.807) is 0 Å². The van der Waals surface area contributed by atoms with Crippen molar-refractivity contribution in [1.82, 2.24) is 0 Å². The van der Waals surface area contributed by atoms with Crippen LogP contribution < -0.4 is 5.30 Å². The Morgan fingerprint density at radius 3 is 1.74 bits per heavy atom. The maximum absolute atomic E-state index is 13.7. The van der Waals surface area contributed by atoms with Gasteiger partial charge in [0.25, 0.3) is 0 Å². The third-order valence-electron chi connectivity index (χ3n) is 7.53. The zero-order chi connectivity index (χ0) is 23.6. The molecule has 1 atom stereocenters. The van der Waals surface area contributed by atoms with Gasteiger partial charge >= 0.3 is 0 Å². The molecule has 0 saturated carbocycles. The standard InChI is InChI=1S/C32H29OP/c1-20-18-21(2)29(22(3)19-20)31-26-13-7-5-11-24(26)30(25-12-6-8-14-27(25)31)28-15-9-10-23-16-17-34(4,33)32(23)28/h5-15,18-19H,16-17H2,1-4H3. The molecule has 1 nitrogen and oxygen atoms in total. The third kappa shape index (κ3) is 3.11. The lowest BCUT2D eigenvalue weighted by atomic mass is 9.83. The maximum atomic E-state index is 13.7. The van der Waals surface area contributed by atoms with Crippen LogP contribution in [0.3, 0.4) is 0 Å². The van der Waals surface area contributed by atoms with Gasteiger partial charge < -0.3 is 4.57 Å². The second-order valence-electron chi connectivity index (χ2n) is 10.0. The molecule has 5 aromatic carbocycles. The van der Waals surface area contributed by atoms with Crippen LogP contribution in [-0.4, -0.2) is 12.8 Å². The van der Waals surface area contributed by atoms with E-state index in [1.807, 2.05) is 6.66 Å². The lowest BCUT2D eigenvalue weighted by Gasteiger charge is -2.22. The monoisotopic (exact) mass is 460 g/mol. The van der Waals surface area contributed by atoms with Crippen molar-refractivity contribution in [1.29, 1.82) is 0 Å². The van der Waals surface area contributed by atoms with Crippen LogP contribution in [0.4, 0.5) is 0 Å². The summed E-state index contributed by atoms with van der Waals surface area (Å²) in [5.74, 6) is 0. The Balaban J connectivity index is 1.83. The van der Waals surface area contributed by atoms with Gasteiger partial charge in [0.1, 0.15) is 7.14 Å². The van der Waals surface area contributed by atoms with E-state index in [-0.39, 0.29) is 0 Å². The summed E-state index contributed by atoms with van der Waals surface area (Å²) < 4.78 is 13.7. The molecule has 0 saturated heterocycles. The van der Waals surface area contributed by atoms with Crippen molar-refractivity contribution in [2.75, 3.05) is 12.8 Å². The van der Waals surface area contributed by atoms with Crippen molar-refractivity contribution in [2.24, 2.45) is 0 Å². The first kappa shape index (κ1) is 21.4. The van der Waals surface area contributed by atoms with Crippen molar-refractivity contribution in [3.63, 3.8) is 0 Å². The molecule has 168 valence electrons. The van der Waals surface area contributed by atoms with Crippen molar-refractivity contribution in [3.05, 3.63) is 101 Å². The highest BCUT2D eigenvalue weighted by Gasteiger charge is 2.32. The molecule has 1 heterocycles. The van der Waals surface area contributed by atoms with Gasteiger partial charge in [0.2, 0.25) is 0 Å². The van der Waals surface area contributed by atoms with E-state index < -0.39 is 7.14 Å². The van der Waals surface area contributed by atoms with Gasteiger partial charge in [-0.3, -0.25) is 0 Å². The van der Waals surface area contributed by atoms with Crippen LogP contribution in [0.2, 0.25) is 0 Å². The third-order valence-corrected chi connectivity index (χ3v) is 10.1. The van der Waals surface area contributed by atoms with Gasteiger partial charge in [-0.05, 0) is 94.3 Å². The molecule has 1 unspecified atom stereocenters. The molecular weight excluding hydrogens is 431 g/mol. The molecule has 1 aliphatic heterocycles. The minimum atomic E-state index is -2.38. The summed E-state index contributed by atoms with van der Waals surface area (Å²) in [6.45, 7) is 8.59. The fraction of sp³-hybridized carbons (Fsp3) is 0.188. The van der Waals surface area contributed by atoms with E-state index in [1.165, 1.54) is 60.5 Å². The van der Waals surface area contributed by atoms with Crippen molar-refractivity contribution < 1.29 is 4.57 Å². The molecule has 0 spiro atoms. The number of benzene rings is 5. The summed E-state index contributed by atoms with van der Waals surface area (Å²) in [6.07, 6.45) is 1.68. The van der Waals surface area contributed by atoms with E-state index in [0.29, 0.717) is 0 Å². The summed E-state index contributed by atoms with van der Waals surface area (Å²) in [5.41, 5.74) is 10.2. The molecular formula is C32H29OP. The Kier molecular flexibility index (Phi) is 4.84. The number of aryl methyl sites for hydroxylation is 4. The fourth-order valence-electron chi connectivity index (χ4n) is 6.26. The number of hydrogen-bond donors (Lipinski definition) is 0. The zero-order valence-corrected chi connectivity index (χ0v) is 21.2. The molecule has 0 fully saturated rings. The maximum Gasteiger partial charge on any atom is 0.113 e. The second-order valence-corrected chi connectivity index (χ2v) is 13.1. The van der Waals surface area contributed by atoms with Gasteiger partial charge in [0.15, 0.2) is 0 Å². The van der Waals surface area contributed by atoms with Crippen molar-refractivity contribution in [3.8, 4) is 22.3 Å². The van der Waals surface area contributed by atoms with Crippen LogP contribution in [0.15, 0.2) is 78.9 Å². The summed E-state index contributed by atoms with van der Waals surface area (Å²) >= 11 is 0. The van der Waals surface area contributed by atoms with Gasteiger partial charge in [-0.1, -0.05) is 84.4 Å². The number of fused-ring (bicyclic) bond motifs is 3. The minimum Gasteiger partial charge on any atom is -0.319 e. The summed E-state index contributed by atoms with van der Waals surface area (Å²) in [4.78, 5) is 0. The highest BCUT2D eigenvalue weighted by molar-refractivity contribution is 7.71. The number of rotatable bonds is 2. The Bertz CT molecular complexity index is 1590.